The molecule has 7 nitrogen and oxygen atoms in total. The van der Waals surface area contributed by atoms with Crippen LogP contribution >= 0.6 is 0 Å². The molecule has 2 saturated heterocycles. The number of benzene rings is 2. The smallest absolute Gasteiger partial charge is 0.406 e. The third-order valence-electron chi connectivity index (χ3n) is 7.56. The van der Waals surface area contributed by atoms with E-state index in [-0.39, 0.29) is 36.1 Å². The number of pyridine rings is 1. The van der Waals surface area contributed by atoms with E-state index in [0.29, 0.717) is 35.7 Å². The Hall–Kier alpha value is -4.28. The van der Waals surface area contributed by atoms with E-state index in [1.807, 2.05) is 25.1 Å². The Morgan fingerprint density at radius 2 is 1.77 bits per heavy atom. The van der Waals surface area contributed by atoms with Crippen LogP contribution in [0.4, 0.5) is 28.9 Å². The van der Waals surface area contributed by atoms with Crippen LogP contribution in [0.1, 0.15) is 34.5 Å². The number of imidazole rings is 1. The minimum atomic E-state index is -4.73. The van der Waals surface area contributed by atoms with Crippen LogP contribution in [0.5, 0.6) is 5.75 Å². The van der Waals surface area contributed by atoms with Gasteiger partial charge in [0, 0.05) is 43.6 Å². The van der Waals surface area contributed by atoms with Gasteiger partial charge < -0.3 is 19.9 Å². The maximum Gasteiger partial charge on any atom is 0.573 e. The summed E-state index contributed by atoms with van der Waals surface area (Å²) in [6, 6.07) is 14.8. The van der Waals surface area contributed by atoms with E-state index in [1.54, 1.807) is 28.8 Å². The van der Waals surface area contributed by atoms with E-state index in [0.717, 1.165) is 24.1 Å². The number of aromatic nitrogens is 2. The van der Waals surface area contributed by atoms with E-state index >= 15 is 4.39 Å². The lowest BCUT2D eigenvalue weighted by molar-refractivity contribution is -0.274. The quantitative estimate of drug-likeness (QED) is 0.321. The summed E-state index contributed by atoms with van der Waals surface area (Å²) in [5.41, 5.74) is 4.11. The molecular weight excluding hydrogens is 526 g/mol. The second-order valence-corrected chi connectivity index (χ2v) is 10.3. The highest BCUT2D eigenvalue weighted by molar-refractivity contribution is 5.93. The van der Waals surface area contributed by atoms with Gasteiger partial charge in [-0.05, 0) is 79.4 Å². The molecule has 4 aromatic rings. The van der Waals surface area contributed by atoms with Crippen LogP contribution < -0.4 is 19.9 Å². The molecule has 2 aliphatic heterocycles. The SMILES string of the molecule is Cc1ccn2c(C(=O)NCc3ccc(N4[C@@H]5CC[C@H]4CN(c4ccc(OC(F)(F)F)cc4)C5)c(F)c3)cnc2c1. The first kappa shape index (κ1) is 26.0. The fourth-order valence-corrected chi connectivity index (χ4v) is 5.76. The summed E-state index contributed by atoms with van der Waals surface area (Å²) in [4.78, 5) is 21.3. The molecule has 2 atom stereocenters. The lowest BCUT2D eigenvalue weighted by atomic mass is 10.1. The zero-order valence-electron chi connectivity index (χ0n) is 21.7. The highest BCUT2D eigenvalue weighted by Crippen LogP contribution is 2.38. The van der Waals surface area contributed by atoms with Gasteiger partial charge in [-0.25, -0.2) is 9.37 Å². The van der Waals surface area contributed by atoms with Crippen molar-refractivity contribution in [2.75, 3.05) is 22.9 Å². The van der Waals surface area contributed by atoms with Gasteiger partial charge in [-0.3, -0.25) is 9.20 Å². The third-order valence-corrected chi connectivity index (χ3v) is 7.56. The van der Waals surface area contributed by atoms with Gasteiger partial charge in [-0.15, -0.1) is 13.2 Å². The van der Waals surface area contributed by atoms with Crippen molar-refractivity contribution in [2.45, 2.75) is 44.8 Å². The number of alkyl halides is 3. The summed E-state index contributed by atoms with van der Waals surface area (Å²) in [6.45, 7) is 3.39. The molecule has 1 N–H and O–H groups in total. The van der Waals surface area contributed by atoms with E-state index < -0.39 is 6.36 Å². The normalized spacial score (nSPS) is 18.8. The largest absolute Gasteiger partial charge is 0.573 e. The molecule has 2 fully saturated rings. The molecule has 0 radical (unpaired) electrons. The van der Waals surface area contributed by atoms with E-state index in [1.165, 1.54) is 24.4 Å². The fraction of sp³-hybridized carbons (Fsp3) is 0.310. The summed E-state index contributed by atoms with van der Waals surface area (Å²) in [6.07, 6.45) is 0.380. The number of fused-ring (bicyclic) bond motifs is 3. The van der Waals surface area contributed by atoms with E-state index in [4.69, 9.17) is 0 Å². The molecule has 0 spiro atoms. The number of aryl methyl sites for hydroxylation is 1. The Labute approximate surface area is 228 Å². The first-order chi connectivity index (χ1) is 19.1. The molecular formula is C29H27F4N5O2. The highest BCUT2D eigenvalue weighted by Gasteiger charge is 2.41. The Balaban J connectivity index is 1.10. The maximum absolute atomic E-state index is 15.4. The van der Waals surface area contributed by atoms with Gasteiger partial charge >= 0.3 is 6.36 Å². The summed E-state index contributed by atoms with van der Waals surface area (Å²) in [5.74, 6) is -0.908. The van der Waals surface area contributed by atoms with Gasteiger partial charge in [0.1, 0.15) is 22.9 Å². The van der Waals surface area contributed by atoms with Gasteiger partial charge in [-0.2, -0.15) is 0 Å². The molecule has 208 valence electrons. The van der Waals surface area contributed by atoms with Crippen molar-refractivity contribution in [3.63, 3.8) is 0 Å². The number of carbonyl (C=O) groups is 1. The predicted octanol–water partition coefficient (Wildman–Crippen LogP) is 5.47. The first-order valence-corrected chi connectivity index (χ1v) is 13.0. The molecule has 2 aromatic carbocycles. The summed E-state index contributed by atoms with van der Waals surface area (Å²) >= 11 is 0. The number of nitrogens with zero attached hydrogens (tertiary/aromatic N) is 4. The minimum absolute atomic E-state index is 0.0729. The number of hydrogen-bond acceptors (Lipinski definition) is 5. The van der Waals surface area contributed by atoms with E-state index in [2.05, 4.69) is 24.8 Å². The number of amides is 1. The Morgan fingerprint density at radius 3 is 2.45 bits per heavy atom. The predicted molar refractivity (Wildman–Crippen MR) is 142 cm³/mol. The zero-order valence-corrected chi connectivity index (χ0v) is 21.7. The van der Waals surface area contributed by atoms with Crippen LogP contribution in [0.2, 0.25) is 0 Å². The maximum atomic E-state index is 15.4. The average Bonchev–Trinajstić information content (AvgIpc) is 3.43. The van der Waals surface area contributed by atoms with Crippen LogP contribution in [0.25, 0.3) is 5.65 Å². The average molecular weight is 554 g/mol. The van der Waals surface area contributed by atoms with Crippen molar-refractivity contribution < 1.29 is 27.1 Å². The van der Waals surface area contributed by atoms with Gasteiger partial charge in [0.15, 0.2) is 0 Å². The molecule has 2 aliphatic rings. The van der Waals surface area contributed by atoms with Crippen molar-refractivity contribution >= 4 is 22.9 Å². The van der Waals surface area contributed by atoms with Crippen molar-refractivity contribution in [2.24, 2.45) is 0 Å². The number of carbonyl (C=O) groups excluding carboxylic acids is 1. The third kappa shape index (κ3) is 5.15. The standard InChI is InChI=1S/C29H27F4N5O2/c1-18-10-11-37-26(15-34-27(37)12-18)28(39)35-14-19-2-9-25(24(30)13-19)38-21-3-4-22(38)17-36(16-21)20-5-7-23(8-6-20)40-29(31,32)33/h2,5-13,15,21-22H,3-4,14,16-17H2,1H3,(H,35,39)/t21-,22+. The first-order valence-electron chi connectivity index (χ1n) is 13.0. The van der Waals surface area contributed by atoms with Crippen LogP contribution in [0, 0.1) is 12.7 Å². The molecule has 6 rings (SSSR count). The molecule has 0 aliphatic carbocycles. The van der Waals surface area contributed by atoms with E-state index in [9.17, 15) is 18.0 Å². The van der Waals surface area contributed by atoms with Crippen LogP contribution in [-0.2, 0) is 6.54 Å². The van der Waals surface area contributed by atoms with Gasteiger partial charge in [0.05, 0.1) is 11.9 Å². The van der Waals surface area contributed by atoms with Gasteiger partial charge in [0.2, 0.25) is 0 Å². The lowest BCUT2D eigenvalue weighted by Gasteiger charge is -2.43. The lowest BCUT2D eigenvalue weighted by Crippen LogP contribution is -2.54. The molecule has 2 aromatic heterocycles. The van der Waals surface area contributed by atoms with Crippen LogP contribution in [-0.4, -0.2) is 46.8 Å². The topological polar surface area (TPSA) is 62.1 Å². The van der Waals surface area contributed by atoms with Crippen molar-refractivity contribution in [3.05, 3.63) is 89.6 Å². The molecule has 1 amide bonds. The number of ether oxygens (including phenoxy) is 1. The van der Waals surface area contributed by atoms with Gasteiger partial charge in [0.25, 0.3) is 5.91 Å². The molecule has 2 bridgehead atoms. The van der Waals surface area contributed by atoms with Crippen molar-refractivity contribution in [1.29, 1.82) is 0 Å². The number of nitrogens with one attached hydrogen (secondary N) is 1. The van der Waals surface area contributed by atoms with Gasteiger partial charge in [-0.1, -0.05) is 6.07 Å². The second-order valence-electron chi connectivity index (χ2n) is 10.3. The summed E-state index contributed by atoms with van der Waals surface area (Å²) < 4.78 is 58.5. The minimum Gasteiger partial charge on any atom is -0.406 e. The number of anilines is 2. The summed E-state index contributed by atoms with van der Waals surface area (Å²) in [7, 11) is 0. The molecule has 11 heteroatoms. The fourth-order valence-electron chi connectivity index (χ4n) is 5.76. The zero-order chi connectivity index (χ0) is 28.0. The number of piperazine rings is 1. The second kappa shape index (κ2) is 10.0. The molecule has 4 heterocycles. The molecule has 0 saturated carbocycles. The highest BCUT2D eigenvalue weighted by atomic mass is 19.4. The van der Waals surface area contributed by atoms with Crippen molar-refractivity contribution in [3.8, 4) is 5.75 Å². The number of hydrogen-bond donors (Lipinski definition) is 1. The summed E-state index contributed by atoms with van der Waals surface area (Å²) in [5, 5.41) is 2.85. The molecule has 40 heavy (non-hydrogen) atoms. The van der Waals surface area contributed by atoms with Crippen LogP contribution in [0.3, 0.4) is 0 Å². The Kier molecular flexibility index (Phi) is 6.52. The number of halogens is 4. The monoisotopic (exact) mass is 553 g/mol. The van der Waals surface area contributed by atoms with Crippen LogP contribution in [0.15, 0.2) is 67.0 Å². The number of rotatable bonds is 6. The Morgan fingerprint density at radius 1 is 1.05 bits per heavy atom. The molecule has 0 unspecified atom stereocenters. The van der Waals surface area contributed by atoms with Crippen molar-refractivity contribution in [1.82, 2.24) is 14.7 Å². The Bertz CT molecular complexity index is 1540.